The lowest BCUT2D eigenvalue weighted by atomic mass is 10.1. The average molecular weight is 385 g/mol. The van der Waals surface area contributed by atoms with Crippen molar-refractivity contribution in [3.8, 4) is 11.4 Å². The fraction of sp³-hybridized carbons (Fsp3) is 0.158. The van der Waals surface area contributed by atoms with E-state index < -0.39 is 0 Å². The molecule has 0 spiro atoms. The molecule has 0 saturated heterocycles. The summed E-state index contributed by atoms with van der Waals surface area (Å²) in [5.74, 6) is 0.742. The molecule has 2 heterocycles. The number of carbonyl (C=O) groups is 1. The van der Waals surface area contributed by atoms with Crippen molar-refractivity contribution in [1.82, 2.24) is 19.7 Å². The summed E-state index contributed by atoms with van der Waals surface area (Å²) >= 11 is 7.27. The van der Waals surface area contributed by atoms with Gasteiger partial charge >= 0.3 is 0 Å². The first-order valence-electron chi connectivity index (χ1n) is 8.01. The predicted molar refractivity (Wildman–Crippen MR) is 105 cm³/mol. The number of hydrogen-bond donors (Lipinski definition) is 0. The summed E-state index contributed by atoms with van der Waals surface area (Å²) in [7, 11) is 0. The normalized spacial score (nSPS) is 11.9. The Bertz CT molecular complexity index is 909. The molecule has 0 bridgehead atoms. The second-order valence-electron chi connectivity index (χ2n) is 5.57. The van der Waals surface area contributed by atoms with Crippen molar-refractivity contribution in [2.24, 2.45) is 0 Å². The Kier molecular flexibility index (Phi) is 5.85. The van der Waals surface area contributed by atoms with Gasteiger partial charge in [0.05, 0.1) is 5.25 Å². The molecule has 26 heavy (non-hydrogen) atoms. The summed E-state index contributed by atoms with van der Waals surface area (Å²) < 4.78 is 1.94. The molecule has 0 radical (unpaired) electrons. The third kappa shape index (κ3) is 4.03. The average Bonchev–Trinajstić information content (AvgIpc) is 3.05. The van der Waals surface area contributed by atoms with Crippen LogP contribution in [0.1, 0.15) is 17.3 Å². The Morgan fingerprint density at radius 2 is 1.92 bits per heavy atom. The molecule has 0 N–H and O–H groups in total. The number of Topliss-reactive ketones (excluding diaryl/α,β-unsaturated/α-hetero) is 1. The molecular weight excluding hydrogens is 368 g/mol. The highest BCUT2D eigenvalue weighted by Gasteiger charge is 2.21. The number of allylic oxidation sites excluding steroid dienone is 1. The molecule has 132 valence electrons. The van der Waals surface area contributed by atoms with Gasteiger partial charge < -0.3 is 0 Å². The molecule has 3 rings (SSSR count). The molecule has 0 aliphatic carbocycles. The molecule has 0 aliphatic rings. The number of ketones is 1. The van der Waals surface area contributed by atoms with Gasteiger partial charge in [0.1, 0.15) is 0 Å². The van der Waals surface area contributed by atoms with Crippen molar-refractivity contribution in [3.05, 3.63) is 72.0 Å². The van der Waals surface area contributed by atoms with E-state index in [1.165, 1.54) is 11.8 Å². The van der Waals surface area contributed by atoms with Gasteiger partial charge in [0.25, 0.3) is 0 Å². The van der Waals surface area contributed by atoms with Crippen LogP contribution in [0.4, 0.5) is 0 Å². The second-order valence-corrected chi connectivity index (χ2v) is 7.32. The summed E-state index contributed by atoms with van der Waals surface area (Å²) in [5, 5.41) is 9.53. The first-order valence-corrected chi connectivity index (χ1v) is 9.27. The third-order valence-electron chi connectivity index (χ3n) is 3.75. The summed E-state index contributed by atoms with van der Waals surface area (Å²) in [6.45, 7) is 6.22. The maximum atomic E-state index is 12.7. The second kappa shape index (κ2) is 8.29. The number of hydrogen-bond acceptors (Lipinski definition) is 5. The largest absolute Gasteiger partial charge is 0.298 e. The molecule has 2 aromatic heterocycles. The van der Waals surface area contributed by atoms with Crippen LogP contribution in [0.25, 0.3) is 11.4 Å². The van der Waals surface area contributed by atoms with E-state index in [2.05, 4.69) is 21.8 Å². The Hall–Kier alpha value is -2.44. The van der Waals surface area contributed by atoms with E-state index >= 15 is 0 Å². The minimum atomic E-state index is -0.311. The van der Waals surface area contributed by atoms with Gasteiger partial charge in [-0.3, -0.25) is 14.3 Å². The van der Waals surface area contributed by atoms with Crippen molar-refractivity contribution < 1.29 is 4.79 Å². The van der Waals surface area contributed by atoms with Crippen molar-refractivity contribution in [1.29, 1.82) is 0 Å². The molecule has 0 saturated carbocycles. The molecule has 1 atom stereocenters. The molecule has 1 aromatic carbocycles. The smallest absolute Gasteiger partial charge is 0.192 e. The van der Waals surface area contributed by atoms with Crippen molar-refractivity contribution in [2.45, 2.75) is 23.9 Å². The highest BCUT2D eigenvalue weighted by molar-refractivity contribution is 8.00. The van der Waals surface area contributed by atoms with Crippen molar-refractivity contribution in [3.63, 3.8) is 0 Å². The van der Waals surface area contributed by atoms with Crippen molar-refractivity contribution >= 4 is 29.1 Å². The Balaban J connectivity index is 1.85. The number of pyridine rings is 1. The number of benzene rings is 1. The molecule has 5 nitrogen and oxygen atoms in total. The lowest BCUT2D eigenvalue weighted by Crippen LogP contribution is -2.14. The molecule has 0 aliphatic heterocycles. The minimum Gasteiger partial charge on any atom is -0.298 e. The third-order valence-corrected chi connectivity index (χ3v) is 5.08. The molecule has 1 unspecified atom stereocenters. The summed E-state index contributed by atoms with van der Waals surface area (Å²) in [6, 6.07) is 10.7. The lowest BCUT2D eigenvalue weighted by Gasteiger charge is -2.12. The van der Waals surface area contributed by atoms with Crippen LogP contribution in [0, 0.1) is 0 Å². The van der Waals surface area contributed by atoms with Crippen LogP contribution in [0.3, 0.4) is 0 Å². The zero-order valence-electron chi connectivity index (χ0n) is 14.2. The van der Waals surface area contributed by atoms with E-state index in [0.717, 1.165) is 11.4 Å². The Labute approximate surface area is 161 Å². The van der Waals surface area contributed by atoms with Crippen LogP contribution in [0.15, 0.2) is 66.6 Å². The quantitative estimate of drug-likeness (QED) is 0.340. The van der Waals surface area contributed by atoms with Crippen LogP contribution in [0.2, 0.25) is 5.02 Å². The van der Waals surface area contributed by atoms with E-state index in [-0.39, 0.29) is 11.0 Å². The topological polar surface area (TPSA) is 60.7 Å². The standard InChI is InChI=1S/C19H17ClN4OS/c1-3-12-24-18(15-8-10-21-11-9-15)22-23-19(24)26-13(2)17(25)14-4-6-16(20)7-5-14/h3-11,13H,1,12H2,2H3. The first-order chi connectivity index (χ1) is 12.6. The fourth-order valence-corrected chi connectivity index (χ4v) is 3.51. The van der Waals surface area contributed by atoms with E-state index in [1.54, 1.807) is 42.7 Å². The Morgan fingerprint density at radius 3 is 2.58 bits per heavy atom. The summed E-state index contributed by atoms with van der Waals surface area (Å²) in [4.78, 5) is 16.7. The maximum Gasteiger partial charge on any atom is 0.192 e. The van der Waals surface area contributed by atoms with Gasteiger partial charge in [-0.15, -0.1) is 16.8 Å². The highest BCUT2D eigenvalue weighted by atomic mass is 35.5. The van der Waals surface area contributed by atoms with E-state index in [1.807, 2.05) is 23.6 Å². The van der Waals surface area contributed by atoms with Gasteiger partial charge in [-0.25, -0.2) is 0 Å². The number of aromatic nitrogens is 4. The highest BCUT2D eigenvalue weighted by Crippen LogP contribution is 2.28. The summed E-state index contributed by atoms with van der Waals surface area (Å²) in [6.07, 6.45) is 5.20. The number of halogens is 1. The molecule has 7 heteroatoms. The number of thioether (sulfide) groups is 1. The van der Waals surface area contributed by atoms with E-state index in [4.69, 9.17) is 11.6 Å². The van der Waals surface area contributed by atoms with Crippen LogP contribution in [0.5, 0.6) is 0 Å². The van der Waals surface area contributed by atoms with Gasteiger partial charge in [-0.05, 0) is 43.3 Å². The first kappa shape index (κ1) is 18.4. The monoisotopic (exact) mass is 384 g/mol. The number of rotatable bonds is 7. The van der Waals surface area contributed by atoms with Gasteiger partial charge in [0, 0.05) is 35.1 Å². The zero-order chi connectivity index (χ0) is 18.5. The molecular formula is C19H17ClN4OS. The zero-order valence-corrected chi connectivity index (χ0v) is 15.7. The minimum absolute atomic E-state index is 0.0188. The fourth-order valence-electron chi connectivity index (χ4n) is 2.44. The van der Waals surface area contributed by atoms with Gasteiger partial charge in [0.2, 0.25) is 0 Å². The number of carbonyl (C=O) groups excluding carboxylic acids is 1. The van der Waals surface area contributed by atoms with Gasteiger partial charge in [-0.2, -0.15) is 0 Å². The van der Waals surface area contributed by atoms with Crippen molar-refractivity contribution in [2.75, 3.05) is 0 Å². The maximum absolute atomic E-state index is 12.7. The lowest BCUT2D eigenvalue weighted by molar-refractivity contribution is 0.0994. The Morgan fingerprint density at radius 1 is 1.23 bits per heavy atom. The van der Waals surface area contributed by atoms with Crippen LogP contribution in [-0.2, 0) is 6.54 Å². The SMILES string of the molecule is C=CCn1c(SC(C)C(=O)c2ccc(Cl)cc2)nnc1-c1ccncc1. The molecule has 3 aromatic rings. The van der Waals surface area contributed by atoms with Gasteiger partial charge in [0.15, 0.2) is 16.8 Å². The van der Waals surface area contributed by atoms with E-state index in [9.17, 15) is 4.79 Å². The predicted octanol–water partition coefficient (Wildman–Crippen LogP) is 4.54. The van der Waals surface area contributed by atoms with Gasteiger partial charge in [-0.1, -0.05) is 29.4 Å². The molecule has 0 amide bonds. The molecule has 0 fully saturated rings. The number of nitrogens with zero attached hydrogens (tertiary/aromatic N) is 4. The van der Waals surface area contributed by atoms with Crippen LogP contribution >= 0.6 is 23.4 Å². The van der Waals surface area contributed by atoms with E-state index in [0.29, 0.717) is 22.3 Å². The van der Waals surface area contributed by atoms with Crippen LogP contribution in [-0.4, -0.2) is 30.8 Å². The summed E-state index contributed by atoms with van der Waals surface area (Å²) in [5.41, 5.74) is 1.54. The van der Waals surface area contributed by atoms with Crippen LogP contribution < -0.4 is 0 Å².